The van der Waals surface area contributed by atoms with Gasteiger partial charge in [-0.1, -0.05) is 180 Å². The van der Waals surface area contributed by atoms with Gasteiger partial charge in [0.2, 0.25) is 0 Å². The van der Waals surface area contributed by atoms with Crippen molar-refractivity contribution in [2.24, 2.45) is 5.73 Å². The van der Waals surface area contributed by atoms with E-state index in [0.29, 0.717) is 63.6 Å². The van der Waals surface area contributed by atoms with Gasteiger partial charge >= 0.3 is 5.97 Å². The number of nitrogens with zero attached hydrogens (tertiary/aromatic N) is 15. The molecule has 10 heterocycles. The standard InChI is InChI=1S/C20H24N8.C16H13ClN6.C11H9Cl2N.C11H11ClN2.C11H8ClNO.C4H5N3O2.C4H12N2.5CH4/c1-13-5-4-6-14-9-15(20(27-16(13)14)28(3)8-7-21-2)10-22-18-17-19(24-11-23-17)26-12-25-18;1-9-3-2-4-10-5-11(14(17)23-12(9)10)6-18-15-13-16(20-7-19-13)22-8-21-15;1-7-3-2-4-8-5-9(6-12)11(13)14-10(7)8;1-7-3-2-4-8-5-9(6-13)11(12)14-10(7)8;1-7-3-2-4-8-5-9(6-14)11(12)13-10(7)8;8-4(9)3-7-2-1-5-6-7;1-5-3-4-6-2;;;;;/h4-6,9,11-12,21H,7-8,10H2,1-3H3,(H2,22,23,24,25,26);2-5,7-8H,6H2,1H3,(H2,18,19,20,21,22);2-5H,6H2,1H3;2-5H,6,13H2,1H3;2-6H,1H3;1-2H,3H2,(H,8,9);5-6H,3-4H2,1-2H3;5*1H4. The lowest BCUT2D eigenvalue weighted by Gasteiger charge is -2.22. The van der Waals surface area contributed by atoms with Crippen LogP contribution in [-0.4, -0.2) is 152 Å². The maximum Gasteiger partial charge on any atom is 0.325 e. The van der Waals surface area contributed by atoms with Gasteiger partial charge in [0.25, 0.3) is 0 Å². The number of carbonyl (C=O) groups is 2. The Morgan fingerprint density at radius 1 is 0.522 bits per heavy atom. The summed E-state index contributed by atoms with van der Waals surface area (Å²) in [5.41, 5.74) is 23.0. The number of hydrogen-bond donors (Lipinski definition) is 9. The summed E-state index contributed by atoms with van der Waals surface area (Å²) in [4.78, 5) is 76.4. The Bertz CT molecular complexity index is 5420. The molecular weight excluding hydrogens is 1530 g/mol. The number of nitrogens with two attached hydrogens (primary N) is 1. The zero-order valence-corrected chi connectivity index (χ0v) is 64.7. The summed E-state index contributed by atoms with van der Waals surface area (Å²) in [5.74, 6) is 1.87. The monoisotopic (exact) mass is 1630 g/mol. The molecule has 113 heavy (non-hydrogen) atoms. The Labute approximate surface area is 685 Å². The first-order valence-electron chi connectivity index (χ1n) is 34.0. The first-order chi connectivity index (χ1) is 52.2. The van der Waals surface area contributed by atoms with Gasteiger partial charge in [-0.05, 0) is 114 Å². The third-order valence-electron chi connectivity index (χ3n) is 16.6. The van der Waals surface area contributed by atoms with Crippen molar-refractivity contribution < 1.29 is 14.7 Å². The van der Waals surface area contributed by atoms with Gasteiger partial charge in [0.1, 0.15) is 56.7 Å². The quantitative estimate of drug-likeness (QED) is 0.0167. The molecule has 0 atom stereocenters. The largest absolute Gasteiger partial charge is 0.480 e. The Morgan fingerprint density at radius 2 is 0.912 bits per heavy atom. The van der Waals surface area contributed by atoms with Crippen LogP contribution in [0.1, 0.15) is 97.6 Å². The molecule has 26 nitrogen and oxygen atoms in total. The maximum absolute atomic E-state index is 10.6. The number of aldehydes is 1. The van der Waals surface area contributed by atoms with Crippen molar-refractivity contribution in [3.63, 3.8) is 0 Å². The van der Waals surface area contributed by atoms with Crippen molar-refractivity contribution in [3.05, 3.63) is 235 Å². The molecule has 598 valence electrons. The number of anilines is 3. The number of para-hydroxylation sites is 5. The first-order valence-corrected chi connectivity index (χ1v) is 36.1. The van der Waals surface area contributed by atoms with E-state index in [1.54, 1.807) is 18.7 Å². The lowest BCUT2D eigenvalue weighted by Crippen LogP contribution is -2.29. The minimum Gasteiger partial charge on any atom is -0.480 e. The van der Waals surface area contributed by atoms with Gasteiger partial charge in [0.15, 0.2) is 29.2 Å². The highest BCUT2D eigenvalue weighted by atomic mass is 35.5. The fraction of sp³-hybridized carbons (Fsp3) is 0.280. The molecular formula is C82H102Cl5N23O3. The fourth-order valence-corrected chi connectivity index (χ4v) is 12.1. The number of H-pyrrole nitrogens is 2. The number of likely N-dealkylation sites (N-methyl/N-ethyl adjacent to an activating group) is 4. The number of aromatic amines is 2. The van der Waals surface area contributed by atoms with Crippen molar-refractivity contribution in [2.45, 2.75) is 104 Å². The number of rotatable bonds is 18. The van der Waals surface area contributed by atoms with Gasteiger partial charge in [0, 0.05) is 108 Å². The zero-order chi connectivity index (χ0) is 77.2. The van der Waals surface area contributed by atoms with Crippen molar-refractivity contribution in [3.8, 4) is 0 Å². The molecule has 0 radical (unpaired) electrons. The van der Waals surface area contributed by atoms with Crippen LogP contribution in [0.5, 0.6) is 0 Å². The number of alkyl halides is 1. The number of pyridine rings is 5. The van der Waals surface area contributed by atoms with Gasteiger partial charge in [-0.2, -0.15) is 0 Å². The molecule has 0 fully saturated rings. The second kappa shape index (κ2) is 46.9. The SMILES string of the molecule is C.C.C.C.C.CNCCN(C)c1nc2c(C)cccc2cc1CNc1ncnc2nc[nH]c12.CNCCNC.Cc1cccc2cc(C=O)c(Cl)nc12.Cc1cccc2cc(CCl)c(Cl)nc12.Cc1cccc2cc(CN)c(Cl)nc12.Cc1cccc2cc(CNc3ncnc4nc[nH]c34)c(Cl)nc12.O=C(O)Cn1ccnn1. The number of carboxylic acids is 1. The number of carboxylic acid groups (broad SMARTS) is 1. The average molecular weight is 1640 g/mol. The van der Waals surface area contributed by atoms with Crippen LogP contribution in [0.3, 0.4) is 0 Å². The van der Waals surface area contributed by atoms with Gasteiger partial charge in [-0.15, -0.1) is 16.7 Å². The normalized spacial score (nSPS) is 10.3. The molecule has 0 aliphatic rings. The van der Waals surface area contributed by atoms with Crippen LogP contribution in [-0.2, 0) is 36.9 Å². The van der Waals surface area contributed by atoms with Crippen LogP contribution in [0, 0.1) is 34.6 Å². The average Bonchev–Trinajstić information content (AvgIpc) is 1.47. The van der Waals surface area contributed by atoms with Gasteiger partial charge < -0.3 is 52.3 Å². The number of aryl methyl sites for hydroxylation is 5. The number of nitrogens with one attached hydrogen (secondary N) is 7. The lowest BCUT2D eigenvalue weighted by molar-refractivity contribution is -0.137. The van der Waals surface area contributed by atoms with E-state index in [-0.39, 0.29) is 48.8 Å². The smallest absolute Gasteiger partial charge is 0.325 e. The highest BCUT2D eigenvalue weighted by Gasteiger charge is 2.16. The predicted molar refractivity (Wildman–Crippen MR) is 470 cm³/mol. The van der Waals surface area contributed by atoms with Gasteiger partial charge in [0.05, 0.1) is 57.9 Å². The summed E-state index contributed by atoms with van der Waals surface area (Å²) in [7, 11) is 7.92. The molecule has 10 N–H and O–H groups in total. The molecule has 10 aromatic heterocycles. The number of imidazole rings is 2. The van der Waals surface area contributed by atoms with E-state index in [1.807, 2.05) is 134 Å². The van der Waals surface area contributed by atoms with Crippen LogP contribution in [0.15, 0.2) is 159 Å². The minimum absolute atomic E-state index is 0. The van der Waals surface area contributed by atoms with E-state index in [2.05, 4.69) is 146 Å². The second-order valence-electron chi connectivity index (χ2n) is 24.4. The van der Waals surface area contributed by atoms with Gasteiger partial charge in [-0.25, -0.2) is 59.5 Å². The molecule has 15 aromatic rings. The summed E-state index contributed by atoms with van der Waals surface area (Å²) in [6, 6.07) is 40.3. The third-order valence-corrected chi connectivity index (χ3v) is 18.2. The Balaban J connectivity index is 0.000000288. The molecule has 0 bridgehead atoms. The van der Waals surface area contributed by atoms with Crippen molar-refractivity contribution >= 4 is 165 Å². The number of benzene rings is 5. The van der Waals surface area contributed by atoms with E-state index in [4.69, 9.17) is 73.8 Å². The number of aliphatic carboxylic acids is 1. The zero-order valence-electron chi connectivity index (χ0n) is 60.9. The molecule has 5 aromatic carbocycles. The molecule has 0 unspecified atom stereocenters. The molecule has 0 aliphatic carbocycles. The Morgan fingerprint density at radius 3 is 1.32 bits per heavy atom. The fourth-order valence-electron chi connectivity index (χ4n) is 11.0. The molecule has 15 rings (SSSR count). The Kier molecular flexibility index (Phi) is 39.3. The summed E-state index contributed by atoms with van der Waals surface area (Å²) in [6.07, 6.45) is 9.87. The predicted octanol–water partition coefficient (Wildman–Crippen LogP) is 17.5. The lowest BCUT2D eigenvalue weighted by atomic mass is 10.1. The van der Waals surface area contributed by atoms with E-state index in [9.17, 15) is 9.59 Å². The van der Waals surface area contributed by atoms with Crippen molar-refractivity contribution in [2.75, 3.05) is 69.9 Å². The maximum atomic E-state index is 10.6. The molecule has 0 amide bonds. The van der Waals surface area contributed by atoms with Crippen LogP contribution in [0.4, 0.5) is 17.5 Å². The number of aromatic nitrogens is 16. The van der Waals surface area contributed by atoms with Crippen LogP contribution < -0.4 is 37.2 Å². The molecule has 0 saturated heterocycles. The van der Waals surface area contributed by atoms with Crippen molar-refractivity contribution in [1.29, 1.82) is 0 Å². The van der Waals surface area contributed by atoms with E-state index in [0.717, 1.165) is 154 Å². The number of halogens is 5. The van der Waals surface area contributed by atoms with Crippen LogP contribution in [0.25, 0.3) is 76.8 Å². The summed E-state index contributed by atoms with van der Waals surface area (Å²) >= 11 is 29.9. The topological polar surface area (TPSA) is 348 Å². The number of fused-ring (bicyclic) bond motifs is 7. The van der Waals surface area contributed by atoms with E-state index in [1.165, 1.54) is 35.3 Å². The first kappa shape index (κ1) is 94.6. The second-order valence-corrected chi connectivity index (χ2v) is 26.1. The van der Waals surface area contributed by atoms with Crippen molar-refractivity contribution in [1.82, 2.24) is 95.7 Å². The molecule has 0 spiro atoms. The minimum atomic E-state index is -0.916. The number of carbonyl (C=O) groups excluding carboxylic acids is 1. The highest BCUT2D eigenvalue weighted by molar-refractivity contribution is 6.33. The van der Waals surface area contributed by atoms with E-state index < -0.39 is 5.97 Å². The van der Waals surface area contributed by atoms with Gasteiger partial charge in [-0.3, -0.25) is 9.59 Å². The summed E-state index contributed by atoms with van der Waals surface area (Å²) < 4.78 is 1.24. The highest BCUT2D eigenvalue weighted by Crippen LogP contribution is 2.30. The summed E-state index contributed by atoms with van der Waals surface area (Å²) in [6.45, 7) is 15.4. The molecule has 0 aliphatic heterocycles. The third kappa shape index (κ3) is 25.6. The summed E-state index contributed by atoms with van der Waals surface area (Å²) in [5, 5.41) is 38.1. The molecule has 31 heteroatoms. The number of hydrogen-bond acceptors (Lipinski definition) is 22. The van der Waals surface area contributed by atoms with Crippen LogP contribution in [0.2, 0.25) is 20.6 Å². The van der Waals surface area contributed by atoms with E-state index >= 15 is 0 Å². The van der Waals surface area contributed by atoms with Crippen LogP contribution >= 0.6 is 58.0 Å². The molecule has 0 saturated carbocycles. The Hall–Kier alpha value is -10.8.